The summed E-state index contributed by atoms with van der Waals surface area (Å²) in [6.45, 7) is 3.53. The van der Waals surface area contributed by atoms with E-state index in [1.54, 1.807) is 24.3 Å². The van der Waals surface area contributed by atoms with Crippen molar-refractivity contribution >= 4 is 39.7 Å². The first-order valence-electron chi connectivity index (χ1n) is 7.62. The van der Waals surface area contributed by atoms with Gasteiger partial charge in [0.1, 0.15) is 0 Å². The molecule has 1 aromatic rings. The third-order valence-corrected chi connectivity index (χ3v) is 5.08. The lowest BCUT2D eigenvalue weighted by molar-refractivity contribution is -0.120. The fourth-order valence-electron chi connectivity index (χ4n) is 2.49. The number of amides is 1. The molecule has 8 heteroatoms. The molecule has 0 saturated carbocycles. The molecule has 130 valence electrons. The van der Waals surface area contributed by atoms with E-state index in [9.17, 15) is 13.2 Å². The summed E-state index contributed by atoms with van der Waals surface area (Å²) < 4.78 is 26.1. The molecule has 0 aromatic heterocycles. The van der Waals surface area contributed by atoms with Gasteiger partial charge < -0.3 is 10.6 Å². The molecule has 0 unspecified atom stereocenters. The fourth-order valence-corrected chi connectivity index (χ4v) is 3.61. The minimum Gasteiger partial charge on any atom is -0.326 e. The molecule has 0 radical (unpaired) electrons. The van der Waals surface area contributed by atoms with Crippen LogP contribution in [0.25, 0.3) is 0 Å². The van der Waals surface area contributed by atoms with Gasteiger partial charge in [-0.2, -0.15) is 0 Å². The smallest absolute Gasteiger partial charge is 0.232 e. The van der Waals surface area contributed by atoms with Gasteiger partial charge in [-0.1, -0.05) is 13.0 Å². The van der Waals surface area contributed by atoms with Crippen LogP contribution in [0.3, 0.4) is 0 Å². The highest BCUT2D eigenvalue weighted by Crippen LogP contribution is 2.19. The summed E-state index contributed by atoms with van der Waals surface area (Å²) in [5.41, 5.74) is 1.08. The number of rotatable bonds is 6. The molecule has 6 nitrogen and oxygen atoms in total. The van der Waals surface area contributed by atoms with E-state index in [2.05, 4.69) is 15.4 Å². The first-order chi connectivity index (χ1) is 10.5. The van der Waals surface area contributed by atoms with Gasteiger partial charge in [0.05, 0.1) is 11.4 Å². The number of hydrogen-bond acceptors (Lipinski definition) is 4. The van der Waals surface area contributed by atoms with Gasteiger partial charge in [-0.15, -0.1) is 12.4 Å². The number of anilines is 2. The zero-order valence-electron chi connectivity index (χ0n) is 13.2. The third kappa shape index (κ3) is 6.37. The lowest BCUT2D eigenvalue weighted by Crippen LogP contribution is -2.34. The van der Waals surface area contributed by atoms with Crippen molar-refractivity contribution in [2.75, 3.05) is 28.9 Å². The Hall–Kier alpha value is -1.31. The van der Waals surface area contributed by atoms with Crippen LogP contribution >= 0.6 is 12.4 Å². The van der Waals surface area contributed by atoms with Crippen molar-refractivity contribution < 1.29 is 13.2 Å². The normalized spacial score (nSPS) is 15.5. The van der Waals surface area contributed by atoms with Crippen molar-refractivity contribution in [1.29, 1.82) is 0 Å². The highest BCUT2D eigenvalue weighted by Gasteiger charge is 2.21. The predicted molar refractivity (Wildman–Crippen MR) is 95.6 cm³/mol. The number of nitrogens with one attached hydrogen (secondary N) is 3. The van der Waals surface area contributed by atoms with Crippen molar-refractivity contribution in [3.63, 3.8) is 0 Å². The van der Waals surface area contributed by atoms with Crippen LogP contribution in [-0.4, -0.2) is 33.2 Å². The van der Waals surface area contributed by atoms with Crippen LogP contribution in [0.2, 0.25) is 0 Å². The molecule has 0 spiro atoms. The van der Waals surface area contributed by atoms with Crippen LogP contribution in [0.4, 0.5) is 11.4 Å². The molecule has 23 heavy (non-hydrogen) atoms. The molecule has 1 heterocycles. The van der Waals surface area contributed by atoms with Gasteiger partial charge >= 0.3 is 0 Å². The van der Waals surface area contributed by atoms with E-state index in [1.165, 1.54) is 0 Å². The van der Waals surface area contributed by atoms with E-state index in [0.717, 1.165) is 25.9 Å². The Morgan fingerprint density at radius 3 is 2.57 bits per heavy atom. The molecule has 2 rings (SSSR count). The van der Waals surface area contributed by atoms with Gasteiger partial charge in [-0.3, -0.25) is 9.52 Å². The van der Waals surface area contributed by atoms with Gasteiger partial charge in [-0.25, -0.2) is 8.42 Å². The summed E-state index contributed by atoms with van der Waals surface area (Å²) in [7, 11) is -3.32. The standard InChI is InChI=1S/C15H23N3O3S.ClH/c1-2-10-22(20,21)18-14-5-3-4-13(11-14)17-15(19)12-6-8-16-9-7-12;/h3-5,11-12,16,18H,2,6-10H2,1H3,(H,17,19);1H. The average Bonchev–Trinajstić information content (AvgIpc) is 2.48. The molecular weight excluding hydrogens is 338 g/mol. The summed E-state index contributed by atoms with van der Waals surface area (Å²) in [5.74, 6) is 0.0929. The van der Waals surface area contributed by atoms with E-state index >= 15 is 0 Å². The van der Waals surface area contributed by atoms with Crippen molar-refractivity contribution in [2.24, 2.45) is 5.92 Å². The SMILES string of the molecule is CCCS(=O)(=O)Nc1cccc(NC(=O)C2CCNCC2)c1.Cl. The molecular formula is C15H24ClN3O3S. The second kappa shape index (κ2) is 9.10. The van der Waals surface area contributed by atoms with E-state index in [0.29, 0.717) is 17.8 Å². The van der Waals surface area contributed by atoms with Crippen LogP contribution in [0, 0.1) is 5.92 Å². The second-order valence-electron chi connectivity index (χ2n) is 5.52. The number of benzene rings is 1. The van der Waals surface area contributed by atoms with E-state index < -0.39 is 10.0 Å². The largest absolute Gasteiger partial charge is 0.326 e. The lowest BCUT2D eigenvalue weighted by Gasteiger charge is -2.21. The van der Waals surface area contributed by atoms with Crippen LogP contribution < -0.4 is 15.4 Å². The Balaban J connectivity index is 0.00000264. The number of hydrogen-bond donors (Lipinski definition) is 3. The highest BCUT2D eigenvalue weighted by molar-refractivity contribution is 7.92. The average molecular weight is 362 g/mol. The molecule has 0 aliphatic carbocycles. The van der Waals surface area contributed by atoms with E-state index in [-0.39, 0.29) is 30.0 Å². The first kappa shape index (κ1) is 19.7. The van der Waals surface area contributed by atoms with Gasteiger partial charge in [0.25, 0.3) is 0 Å². The topological polar surface area (TPSA) is 87.3 Å². The Labute approximate surface area is 143 Å². The molecule has 1 aliphatic heterocycles. The number of sulfonamides is 1. The van der Waals surface area contributed by atoms with E-state index in [1.807, 2.05) is 6.92 Å². The van der Waals surface area contributed by atoms with Crippen LogP contribution in [-0.2, 0) is 14.8 Å². The molecule has 0 atom stereocenters. The highest BCUT2D eigenvalue weighted by atomic mass is 35.5. The number of halogens is 1. The summed E-state index contributed by atoms with van der Waals surface area (Å²) >= 11 is 0. The third-order valence-electron chi connectivity index (χ3n) is 3.59. The number of piperidine rings is 1. The van der Waals surface area contributed by atoms with Crippen LogP contribution in [0.1, 0.15) is 26.2 Å². The van der Waals surface area contributed by atoms with Gasteiger partial charge in [0, 0.05) is 11.6 Å². The van der Waals surface area contributed by atoms with Crippen LogP contribution in [0.15, 0.2) is 24.3 Å². The van der Waals surface area contributed by atoms with E-state index in [4.69, 9.17) is 0 Å². The van der Waals surface area contributed by atoms with Crippen LogP contribution in [0.5, 0.6) is 0 Å². The molecule has 1 aliphatic rings. The maximum absolute atomic E-state index is 12.2. The molecule has 0 bridgehead atoms. The van der Waals surface area contributed by atoms with Gasteiger partial charge in [0.15, 0.2) is 0 Å². The Morgan fingerprint density at radius 2 is 1.91 bits per heavy atom. The summed E-state index contributed by atoms with van der Waals surface area (Å²) in [6.07, 6.45) is 2.21. The minimum absolute atomic E-state index is 0. The van der Waals surface area contributed by atoms with Gasteiger partial charge in [0.2, 0.25) is 15.9 Å². The summed E-state index contributed by atoms with van der Waals surface area (Å²) in [5, 5.41) is 6.09. The molecule has 1 fully saturated rings. The zero-order valence-corrected chi connectivity index (χ0v) is 14.8. The minimum atomic E-state index is -3.32. The number of carbonyl (C=O) groups excluding carboxylic acids is 1. The molecule has 3 N–H and O–H groups in total. The number of carbonyl (C=O) groups is 1. The summed E-state index contributed by atoms with van der Waals surface area (Å²) in [6, 6.07) is 6.80. The monoisotopic (exact) mass is 361 g/mol. The fraction of sp³-hybridized carbons (Fsp3) is 0.533. The first-order valence-corrected chi connectivity index (χ1v) is 9.27. The Kier molecular flexibility index (Phi) is 7.81. The Bertz CT molecular complexity index is 616. The second-order valence-corrected chi connectivity index (χ2v) is 7.36. The van der Waals surface area contributed by atoms with Crippen molar-refractivity contribution in [2.45, 2.75) is 26.2 Å². The van der Waals surface area contributed by atoms with Crippen molar-refractivity contribution in [1.82, 2.24) is 5.32 Å². The molecule has 1 saturated heterocycles. The quantitative estimate of drug-likeness (QED) is 0.724. The van der Waals surface area contributed by atoms with Gasteiger partial charge in [-0.05, 0) is 50.6 Å². The predicted octanol–water partition coefficient (Wildman–Crippen LogP) is 2.20. The lowest BCUT2D eigenvalue weighted by atomic mass is 9.97. The Morgan fingerprint density at radius 1 is 1.26 bits per heavy atom. The maximum atomic E-state index is 12.2. The maximum Gasteiger partial charge on any atom is 0.232 e. The zero-order chi connectivity index (χ0) is 16.0. The van der Waals surface area contributed by atoms with Crippen molar-refractivity contribution in [3.8, 4) is 0 Å². The van der Waals surface area contributed by atoms with Crippen molar-refractivity contribution in [3.05, 3.63) is 24.3 Å². The molecule has 1 aromatic carbocycles. The summed E-state index contributed by atoms with van der Waals surface area (Å²) in [4.78, 5) is 12.2. The molecule has 1 amide bonds.